The minimum atomic E-state index is -0.255. The van der Waals surface area contributed by atoms with Crippen LogP contribution in [0.3, 0.4) is 0 Å². The Labute approximate surface area is 159 Å². The van der Waals surface area contributed by atoms with E-state index in [-0.39, 0.29) is 17.8 Å². The second-order valence-corrected chi connectivity index (χ2v) is 7.54. The van der Waals surface area contributed by atoms with Gasteiger partial charge in [-0.15, -0.1) is 0 Å². The van der Waals surface area contributed by atoms with Crippen LogP contribution in [-0.4, -0.2) is 18.5 Å². The minimum absolute atomic E-state index is 0.122. The van der Waals surface area contributed by atoms with Crippen LogP contribution in [0.15, 0.2) is 42.5 Å². The highest BCUT2D eigenvalue weighted by molar-refractivity contribution is 5.93. The van der Waals surface area contributed by atoms with E-state index < -0.39 is 0 Å². The molecule has 0 aromatic heterocycles. The van der Waals surface area contributed by atoms with Crippen LogP contribution < -0.4 is 5.32 Å². The zero-order chi connectivity index (χ0) is 18.6. The second-order valence-electron chi connectivity index (χ2n) is 7.54. The molecule has 4 rings (SSSR count). The van der Waals surface area contributed by atoms with Crippen LogP contribution in [0.1, 0.15) is 52.7 Å². The maximum atomic E-state index is 12.2. The first-order chi connectivity index (χ1) is 13.2. The van der Waals surface area contributed by atoms with Crippen LogP contribution in [0, 0.1) is 5.92 Å². The fourth-order valence-electron chi connectivity index (χ4n) is 3.71. The maximum Gasteiger partial charge on any atom is 0.338 e. The van der Waals surface area contributed by atoms with Crippen LogP contribution in [-0.2, 0) is 28.8 Å². The van der Waals surface area contributed by atoms with Crippen molar-refractivity contribution in [3.8, 4) is 0 Å². The van der Waals surface area contributed by atoms with Crippen molar-refractivity contribution in [2.45, 2.75) is 44.9 Å². The number of nitrogens with one attached hydrogen (secondary N) is 1. The van der Waals surface area contributed by atoms with Gasteiger partial charge in [0.05, 0.1) is 12.2 Å². The number of fused-ring (bicyclic) bond motifs is 1. The molecule has 0 aliphatic heterocycles. The molecule has 27 heavy (non-hydrogen) atoms. The predicted molar refractivity (Wildman–Crippen MR) is 105 cm³/mol. The first-order valence-electron chi connectivity index (χ1n) is 9.88. The number of rotatable bonds is 6. The number of ether oxygens (including phenoxy) is 1. The Balaban J connectivity index is 1.25. The van der Waals surface area contributed by atoms with Gasteiger partial charge in [0, 0.05) is 18.0 Å². The van der Waals surface area contributed by atoms with E-state index in [0.717, 1.165) is 43.4 Å². The SMILES string of the molecule is O=C(OCCc1ccc(NC(=O)C2CCC2)cc1)c1ccc2c(c1)CCC2. The number of amides is 1. The molecule has 0 unspecified atom stereocenters. The van der Waals surface area contributed by atoms with Crippen molar-refractivity contribution in [3.63, 3.8) is 0 Å². The van der Waals surface area contributed by atoms with E-state index in [4.69, 9.17) is 4.74 Å². The normalized spacial score (nSPS) is 15.7. The lowest BCUT2D eigenvalue weighted by molar-refractivity contribution is -0.122. The molecular weight excluding hydrogens is 338 g/mol. The fourth-order valence-corrected chi connectivity index (χ4v) is 3.71. The Morgan fingerprint density at radius 2 is 1.74 bits per heavy atom. The molecule has 2 aliphatic rings. The van der Waals surface area contributed by atoms with Crippen molar-refractivity contribution in [2.75, 3.05) is 11.9 Å². The number of carbonyl (C=O) groups is 2. The number of esters is 1. The van der Waals surface area contributed by atoms with E-state index in [2.05, 4.69) is 11.4 Å². The average Bonchev–Trinajstić information content (AvgIpc) is 3.09. The van der Waals surface area contributed by atoms with Gasteiger partial charge in [-0.05, 0) is 73.1 Å². The Bertz CT molecular complexity index is 837. The van der Waals surface area contributed by atoms with Gasteiger partial charge in [0.15, 0.2) is 0 Å². The first kappa shape index (κ1) is 17.8. The van der Waals surface area contributed by atoms with Gasteiger partial charge in [0.1, 0.15) is 0 Å². The maximum absolute atomic E-state index is 12.2. The molecule has 2 aromatic rings. The van der Waals surface area contributed by atoms with Crippen LogP contribution in [0.2, 0.25) is 0 Å². The van der Waals surface area contributed by atoms with Gasteiger partial charge in [-0.2, -0.15) is 0 Å². The highest BCUT2D eigenvalue weighted by Crippen LogP contribution is 2.27. The van der Waals surface area contributed by atoms with E-state index in [9.17, 15) is 9.59 Å². The van der Waals surface area contributed by atoms with E-state index in [0.29, 0.717) is 18.6 Å². The lowest BCUT2D eigenvalue weighted by Crippen LogP contribution is -2.27. The van der Waals surface area contributed by atoms with Gasteiger partial charge in [0.2, 0.25) is 5.91 Å². The topological polar surface area (TPSA) is 55.4 Å². The summed E-state index contributed by atoms with van der Waals surface area (Å²) in [5.74, 6) is 0.0506. The molecule has 4 heteroatoms. The van der Waals surface area contributed by atoms with Gasteiger partial charge < -0.3 is 10.1 Å². The third-order valence-corrected chi connectivity index (χ3v) is 5.66. The third kappa shape index (κ3) is 4.21. The van der Waals surface area contributed by atoms with E-state index in [1.54, 1.807) is 0 Å². The van der Waals surface area contributed by atoms with Crippen molar-refractivity contribution in [1.29, 1.82) is 0 Å². The number of hydrogen-bond acceptors (Lipinski definition) is 3. The second kappa shape index (κ2) is 7.95. The highest BCUT2D eigenvalue weighted by Gasteiger charge is 2.25. The lowest BCUT2D eigenvalue weighted by Gasteiger charge is -2.24. The molecular formula is C23H25NO3. The zero-order valence-corrected chi connectivity index (χ0v) is 15.5. The third-order valence-electron chi connectivity index (χ3n) is 5.66. The molecule has 1 amide bonds. The summed E-state index contributed by atoms with van der Waals surface area (Å²) in [5.41, 5.74) is 5.19. The Hall–Kier alpha value is -2.62. The number of carbonyl (C=O) groups excluding carboxylic acids is 2. The molecule has 140 valence electrons. The lowest BCUT2D eigenvalue weighted by atomic mass is 9.85. The van der Waals surface area contributed by atoms with Crippen LogP contribution in [0.25, 0.3) is 0 Å². The van der Waals surface area contributed by atoms with Gasteiger partial charge in [-0.3, -0.25) is 4.79 Å². The summed E-state index contributed by atoms with van der Waals surface area (Å²) in [7, 11) is 0. The van der Waals surface area contributed by atoms with E-state index >= 15 is 0 Å². The van der Waals surface area contributed by atoms with Gasteiger partial charge >= 0.3 is 5.97 Å². The number of hydrogen-bond donors (Lipinski definition) is 1. The number of anilines is 1. The largest absolute Gasteiger partial charge is 0.462 e. The van der Waals surface area contributed by atoms with Crippen molar-refractivity contribution < 1.29 is 14.3 Å². The molecule has 2 aliphatic carbocycles. The van der Waals surface area contributed by atoms with E-state index in [1.165, 1.54) is 17.5 Å². The zero-order valence-electron chi connectivity index (χ0n) is 15.5. The quantitative estimate of drug-likeness (QED) is 0.778. The number of aryl methyl sites for hydroxylation is 2. The summed E-state index contributed by atoms with van der Waals surface area (Å²) in [5, 5.41) is 2.96. The van der Waals surface area contributed by atoms with Crippen LogP contribution in [0.4, 0.5) is 5.69 Å². The highest BCUT2D eigenvalue weighted by atomic mass is 16.5. The Morgan fingerprint density at radius 3 is 2.48 bits per heavy atom. The van der Waals surface area contributed by atoms with Crippen molar-refractivity contribution in [2.24, 2.45) is 5.92 Å². The molecule has 0 bridgehead atoms. The summed E-state index contributed by atoms with van der Waals surface area (Å²) < 4.78 is 5.43. The molecule has 0 saturated heterocycles. The van der Waals surface area contributed by atoms with Crippen LogP contribution in [0.5, 0.6) is 0 Å². The Morgan fingerprint density at radius 1 is 0.963 bits per heavy atom. The standard InChI is InChI=1S/C23H25NO3/c25-22(18-4-2-5-18)24-21-11-7-16(8-12-21)13-14-27-23(26)20-10-9-17-3-1-6-19(17)15-20/h7-12,15,18H,1-6,13-14H2,(H,24,25). The average molecular weight is 363 g/mol. The van der Waals surface area contributed by atoms with Crippen LogP contribution >= 0.6 is 0 Å². The summed E-state index contributed by atoms with van der Waals surface area (Å²) in [6.07, 6.45) is 7.15. The Kier molecular flexibility index (Phi) is 5.23. The molecule has 0 spiro atoms. The molecule has 2 aromatic carbocycles. The van der Waals surface area contributed by atoms with Gasteiger partial charge in [0.25, 0.3) is 0 Å². The summed E-state index contributed by atoms with van der Waals surface area (Å²) in [6, 6.07) is 13.7. The van der Waals surface area contributed by atoms with Gasteiger partial charge in [-0.25, -0.2) is 4.79 Å². The molecule has 0 heterocycles. The molecule has 1 N–H and O–H groups in total. The summed E-state index contributed by atoms with van der Waals surface area (Å²) >= 11 is 0. The predicted octanol–water partition coefficient (Wildman–Crippen LogP) is 4.31. The van der Waals surface area contributed by atoms with Crippen molar-refractivity contribution in [1.82, 2.24) is 0 Å². The minimum Gasteiger partial charge on any atom is -0.462 e. The van der Waals surface area contributed by atoms with Crippen molar-refractivity contribution >= 4 is 17.6 Å². The first-order valence-corrected chi connectivity index (χ1v) is 9.88. The summed E-state index contributed by atoms with van der Waals surface area (Å²) in [4.78, 5) is 24.2. The fraction of sp³-hybridized carbons (Fsp3) is 0.391. The smallest absolute Gasteiger partial charge is 0.338 e. The molecule has 0 radical (unpaired) electrons. The molecule has 4 nitrogen and oxygen atoms in total. The molecule has 0 atom stereocenters. The molecule has 1 fully saturated rings. The van der Waals surface area contributed by atoms with E-state index in [1.807, 2.05) is 36.4 Å². The summed E-state index contributed by atoms with van der Waals surface area (Å²) in [6.45, 7) is 0.351. The number of benzene rings is 2. The van der Waals surface area contributed by atoms with Crippen molar-refractivity contribution in [3.05, 3.63) is 64.7 Å². The molecule has 1 saturated carbocycles. The monoisotopic (exact) mass is 363 g/mol. The van der Waals surface area contributed by atoms with Gasteiger partial charge in [-0.1, -0.05) is 24.6 Å².